The van der Waals surface area contributed by atoms with Crippen LogP contribution in [-0.2, 0) is 6.42 Å². The normalized spacial score (nSPS) is 11.2. The van der Waals surface area contributed by atoms with E-state index in [0.717, 1.165) is 0 Å². The van der Waals surface area contributed by atoms with E-state index in [4.69, 9.17) is 23.2 Å². The molecule has 1 amide bonds. The Labute approximate surface area is 156 Å². The highest BCUT2D eigenvalue weighted by Crippen LogP contribution is 2.26. The Morgan fingerprint density at radius 3 is 2.24 bits per heavy atom. The molecule has 0 radical (unpaired) electrons. The first-order chi connectivity index (χ1) is 11.7. The Balaban J connectivity index is 2.07. The van der Waals surface area contributed by atoms with Crippen molar-refractivity contribution in [3.05, 3.63) is 69.2 Å². The third-order valence-electron chi connectivity index (χ3n) is 3.80. The van der Waals surface area contributed by atoms with Gasteiger partial charge < -0.3 is 10.4 Å². The summed E-state index contributed by atoms with van der Waals surface area (Å²) in [4.78, 5) is 23.6. The number of carboxylic acids is 1. The van der Waals surface area contributed by atoms with Crippen LogP contribution in [0.4, 0.5) is 0 Å². The van der Waals surface area contributed by atoms with Crippen LogP contribution in [0, 0.1) is 5.41 Å². The first-order valence-corrected chi connectivity index (χ1v) is 8.49. The monoisotopic (exact) mass is 379 g/mol. The number of benzene rings is 2. The minimum Gasteiger partial charge on any atom is -0.478 e. The molecule has 0 saturated heterocycles. The summed E-state index contributed by atoms with van der Waals surface area (Å²) in [5.41, 5.74) is 1.04. The van der Waals surface area contributed by atoms with E-state index in [9.17, 15) is 14.7 Å². The summed E-state index contributed by atoms with van der Waals surface area (Å²) < 4.78 is 0. The molecule has 2 aromatic rings. The van der Waals surface area contributed by atoms with Gasteiger partial charge in [0.2, 0.25) is 0 Å². The third kappa shape index (κ3) is 5.48. The van der Waals surface area contributed by atoms with Crippen LogP contribution in [0.2, 0.25) is 10.0 Å². The van der Waals surface area contributed by atoms with Crippen LogP contribution in [0.1, 0.15) is 40.1 Å². The summed E-state index contributed by atoms with van der Waals surface area (Å²) in [5, 5.41) is 13.3. The molecule has 0 spiro atoms. The molecule has 0 aliphatic rings. The second-order valence-electron chi connectivity index (χ2n) is 6.64. The smallest absolute Gasteiger partial charge is 0.335 e. The van der Waals surface area contributed by atoms with E-state index >= 15 is 0 Å². The zero-order valence-electron chi connectivity index (χ0n) is 14.0. The predicted octanol–water partition coefficient (Wildman–Crippen LogP) is 4.69. The summed E-state index contributed by atoms with van der Waals surface area (Å²) in [6.45, 7) is 4.31. The summed E-state index contributed by atoms with van der Waals surface area (Å²) >= 11 is 11.8. The maximum atomic E-state index is 12.2. The second-order valence-corrected chi connectivity index (χ2v) is 7.51. The van der Waals surface area contributed by atoms with Crippen molar-refractivity contribution in [2.75, 3.05) is 6.54 Å². The molecule has 0 heterocycles. The van der Waals surface area contributed by atoms with Crippen LogP contribution in [0.3, 0.4) is 0 Å². The summed E-state index contributed by atoms with van der Waals surface area (Å²) in [5.74, 6) is -1.19. The highest BCUT2D eigenvalue weighted by molar-refractivity contribution is 6.31. The van der Waals surface area contributed by atoms with Crippen molar-refractivity contribution in [3.63, 3.8) is 0 Å². The van der Waals surface area contributed by atoms with Crippen molar-refractivity contribution in [3.8, 4) is 0 Å². The van der Waals surface area contributed by atoms with Gasteiger partial charge in [0, 0.05) is 22.2 Å². The van der Waals surface area contributed by atoms with Crippen molar-refractivity contribution < 1.29 is 14.7 Å². The molecular formula is C19H19Cl2NO3. The number of carbonyl (C=O) groups excluding carboxylic acids is 1. The highest BCUT2D eigenvalue weighted by Gasteiger charge is 2.23. The van der Waals surface area contributed by atoms with Crippen LogP contribution in [0.15, 0.2) is 42.5 Å². The fourth-order valence-electron chi connectivity index (χ4n) is 2.52. The fraction of sp³-hybridized carbons (Fsp3) is 0.263. The standard InChI is InChI=1S/C19H19Cl2NO3/c1-19(2,10-13-9-15(21)7-8-16(13)18(24)25)11-22-17(23)12-3-5-14(20)6-4-12/h3-9H,10-11H2,1-2H3,(H,22,23)(H,24,25). The number of hydrogen-bond acceptors (Lipinski definition) is 2. The van der Waals surface area contributed by atoms with E-state index in [1.807, 2.05) is 13.8 Å². The molecule has 2 N–H and O–H groups in total. The van der Waals surface area contributed by atoms with Gasteiger partial charge in [0.05, 0.1) is 5.56 Å². The van der Waals surface area contributed by atoms with E-state index in [1.54, 1.807) is 36.4 Å². The Morgan fingerprint density at radius 2 is 1.64 bits per heavy atom. The maximum Gasteiger partial charge on any atom is 0.335 e. The lowest BCUT2D eigenvalue weighted by molar-refractivity contribution is 0.0694. The Kier molecular flexibility index (Phi) is 6.09. The van der Waals surface area contributed by atoms with Gasteiger partial charge in [-0.1, -0.05) is 37.0 Å². The number of rotatable bonds is 6. The SMILES string of the molecule is CC(C)(CNC(=O)c1ccc(Cl)cc1)Cc1cc(Cl)ccc1C(=O)O. The van der Waals surface area contributed by atoms with Gasteiger partial charge in [-0.3, -0.25) is 4.79 Å². The van der Waals surface area contributed by atoms with Crippen LogP contribution in [0.5, 0.6) is 0 Å². The average Bonchev–Trinajstić information content (AvgIpc) is 2.53. The summed E-state index contributed by atoms with van der Waals surface area (Å²) in [6.07, 6.45) is 0.468. The molecule has 6 heteroatoms. The number of hydrogen-bond donors (Lipinski definition) is 2. The topological polar surface area (TPSA) is 66.4 Å². The van der Waals surface area contributed by atoms with Crippen molar-refractivity contribution in [1.82, 2.24) is 5.32 Å². The summed E-state index contributed by atoms with van der Waals surface area (Å²) in [7, 11) is 0. The van der Waals surface area contributed by atoms with Crippen LogP contribution in [0.25, 0.3) is 0 Å². The van der Waals surface area contributed by atoms with E-state index in [0.29, 0.717) is 34.1 Å². The molecule has 0 aromatic heterocycles. The molecule has 0 unspecified atom stereocenters. The third-order valence-corrected chi connectivity index (χ3v) is 4.29. The molecule has 0 atom stereocenters. The summed E-state index contributed by atoms with van der Waals surface area (Å²) in [6, 6.07) is 11.4. The fourth-order valence-corrected chi connectivity index (χ4v) is 2.84. The molecule has 0 saturated carbocycles. The molecule has 2 rings (SSSR count). The van der Waals surface area contributed by atoms with Crippen molar-refractivity contribution in [1.29, 1.82) is 0 Å². The number of amides is 1. The number of halogens is 2. The molecule has 25 heavy (non-hydrogen) atoms. The van der Waals surface area contributed by atoms with E-state index in [2.05, 4.69) is 5.32 Å². The van der Waals surface area contributed by atoms with E-state index in [-0.39, 0.29) is 16.9 Å². The quantitative estimate of drug-likeness (QED) is 0.764. The molecule has 0 aliphatic heterocycles. The number of carboxylic acid groups (broad SMARTS) is 1. The molecule has 0 bridgehead atoms. The predicted molar refractivity (Wildman–Crippen MR) is 99.7 cm³/mol. The Morgan fingerprint density at radius 1 is 1.04 bits per heavy atom. The second kappa shape index (κ2) is 7.89. The Bertz CT molecular complexity index is 786. The number of nitrogens with one attached hydrogen (secondary N) is 1. The average molecular weight is 380 g/mol. The van der Waals surface area contributed by atoms with Gasteiger partial charge in [-0.05, 0) is 59.9 Å². The minimum atomic E-state index is -0.993. The molecule has 4 nitrogen and oxygen atoms in total. The lowest BCUT2D eigenvalue weighted by Crippen LogP contribution is -2.35. The largest absolute Gasteiger partial charge is 0.478 e. The van der Waals surface area contributed by atoms with Gasteiger partial charge in [0.1, 0.15) is 0 Å². The van der Waals surface area contributed by atoms with Gasteiger partial charge in [0.15, 0.2) is 0 Å². The molecule has 0 aliphatic carbocycles. The van der Waals surface area contributed by atoms with Gasteiger partial charge in [-0.15, -0.1) is 0 Å². The van der Waals surface area contributed by atoms with Crippen molar-refractivity contribution in [2.45, 2.75) is 20.3 Å². The van der Waals surface area contributed by atoms with Crippen molar-refractivity contribution >= 4 is 35.1 Å². The highest BCUT2D eigenvalue weighted by atomic mass is 35.5. The zero-order chi connectivity index (χ0) is 18.6. The first-order valence-electron chi connectivity index (χ1n) is 7.73. The molecular weight excluding hydrogens is 361 g/mol. The molecule has 2 aromatic carbocycles. The zero-order valence-corrected chi connectivity index (χ0v) is 15.5. The maximum absolute atomic E-state index is 12.2. The van der Waals surface area contributed by atoms with Crippen LogP contribution in [-0.4, -0.2) is 23.5 Å². The molecule has 0 fully saturated rings. The minimum absolute atomic E-state index is 0.200. The number of aromatic carboxylic acids is 1. The van der Waals surface area contributed by atoms with Gasteiger partial charge in [-0.2, -0.15) is 0 Å². The van der Waals surface area contributed by atoms with Crippen LogP contribution < -0.4 is 5.32 Å². The van der Waals surface area contributed by atoms with Gasteiger partial charge >= 0.3 is 5.97 Å². The van der Waals surface area contributed by atoms with Crippen LogP contribution >= 0.6 is 23.2 Å². The lowest BCUT2D eigenvalue weighted by atomic mass is 9.84. The van der Waals surface area contributed by atoms with Crippen molar-refractivity contribution in [2.24, 2.45) is 5.41 Å². The van der Waals surface area contributed by atoms with E-state index < -0.39 is 5.97 Å². The van der Waals surface area contributed by atoms with Gasteiger partial charge in [-0.25, -0.2) is 4.79 Å². The Hall–Kier alpha value is -2.04. The lowest BCUT2D eigenvalue weighted by Gasteiger charge is -2.26. The van der Waals surface area contributed by atoms with Gasteiger partial charge in [0.25, 0.3) is 5.91 Å². The number of carbonyl (C=O) groups is 2. The van der Waals surface area contributed by atoms with E-state index in [1.165, 1.54) is 6.07 Å². The molecule has 132 valence electrons. The first kappa shape index (κ1) is 19.3.